The molecule has 0 aliphatic carbocycles. The first kappa shape index (κ1) is 20.6. The number of aromatic nitrogens is 1. The molecular weight excluding hydrogens is 434 g/mol. The number of pyridine rings is 1. The van der Waals surface area contributed by atoms with Crippen LogP contribution in [0, 0.1) is 0 Å². The van der Waals surface area contributed by atoms with Gasteiger partial charge in [0, 0.05) is 12.4 Å². The summed E-state index contributed by atoms with van der Waals surface area (Å²) in [6.45, 7) is 0. The second-order valence-electron chi connectivity index (χ2n) is 9.22. The molecule has 1 nitrogen and oxygen atoms in total. The zero-order chi connectivity index (χ0) is 23.9. The van der Waals surface area contributed by atoms with Crippen LogP contribution < -0.4 is 0 Å². The molecule has 0 saturated carbocycles. The second kappa shape index (κ2) is 8.48. The topological polar surface area (TPSA) is 12.9 Å². The number of benzene rings is 6. The van der Waals surface area contributed by atoms with Crippen LogP contribution in [0.25, 0.3) is 65.7 Å². The van der Waals surface area contributed by atoms with Crippen molar-refractivity contribution in [2.75, 3.05) is 0 Å². The van der Waals surface area contributed by atoms with Crippen molar-refractivity contribution in [3.05, 3.63) is 140 Å². The third kappa shape index (κ3) is 3.37. The summed E-state index contributed by atoms with van der Waals surface area (Å²) in [5, 5.41) is 7.62. The highest BCUT2D eigenvalue weighted by Crippen LogP contribution is 2.44. The molecule has 1 heteroatoms. The van der Waals surface area contributed by atoms with Gasteiger partial charge in [-0.2, -0.15) is 0 Å². The predicted molar refractivity (Wildman–Crippen MR) is 153 cm³/mol. The van der Waals surface area contributed by atoms with E-state index < -0.39 is 0 Å². The van der Waals surface area contributed by atoms with E-state index in [1.54, 1.807) is 0 Å². The number of rotatable bonds is 3. The number of hydrogen-bond acceptors (Lipinski definition) is 1. The third-order valence-corrected chi connectivity index (χ3v) is 7.14. The van der Waals surface area contributed by atoms with Crippen LogP contribution >= 0.6 is 0 Å². The summed E-state index contributed by atoms with van der Waals surface area (Å²) in [6.07, 6.45) is 3.73. The molecule has 1 heterocycles. The minimum absolute atomic E-state index is 1.13. The standard InChI is InChI=1S/C35H23N/c1-2-9-27-22-28(20-17-24(27)8-1)35-32-13-5-3-11-30(32)34(31-12-4-6-14-33(31)35)26-18-15-25(16-19-26)29-10-7-21-36-23-29/h1-23H. The van der Waals surface area contributed by atoms with Crippen molar-refractivity contribution in [2.45, 2.75) is 0 Å². The van der Waals surface area contributed by atoms with Gasteiger partial charge < -0.3 is 0 Å². The molecule has 7 rings (SSSR count). The van der Waals surface area contributed by atoms with Crippen LogP contribution in [0.1, 0.15) is 0 Å². The van der Waals surface area contributed by atoms with Crippen LogP contribution in [-0.4, -0.2) is 4.98 Å². The number of fused-ring (bicyclic) bond motifs is 3. The van der Waals surface area contributed by atoms with Gasteiger partial charge in [0.2, 0.25) is 0 Å². The molecule has 0 atom stereocenters. The Balaban J connectivity index is 1.50. The maximum absolute atomic E-state index is 4.28. The smallest absolute Gasteiger partial charge is 0.0346 e. The van der Waals surface area contributed by atoms with Crippen molar-refractivity contribution in [2.24, 2.45) is 0 Å². The molecule has 0 N–H and O–H groups in total. The fourth-order valence-electron chi connectivity index (χ4n) is 5.46. The Bertz CT molecular complexity index is 1810. The molecule has 0 aliphatic heterocycles. The van der Waals surface area contributed by atoms with Crippen molar-refractivity contribution in [3.63, 3.8) is 0 Å². The summed E-state index contributed by atoms with van der Waals surface area (Å²) >= 11 is 0. The molecule has 6 aromatic carbocycles. The normalized spacial score (nSPS) is 11.3. The summed E-state index contributed by atoms with van der Waals surface area (Å²) in [6, 6.07) is 46.0. The van der Waals surface area contributed by atoms with Gasteiger partial charge in [0.1, 0.15) is 0 Å². The zero-order valence-corrected chi connectivity index (χ0v) is 19.7. The highest BCUT2D eigenvalue weighted by atomic mass is 14.6. The molecule has 0 amide bonds. The van der Waals surface area contributed by atoms with Crippen molar-refractivity contribution in [1.82, 2.24) is 4.98 Å². The Morgan fingerprint density at radius 3 is 1.50 bits per heavy atom. The number of nitrogens with zero attached hydrogens (tertiary/aromatic N) is 1. The molecule has 0 spiro atoms. The molecule has 36 heavy (non-hydrogen) atoms. The molecule has 0 saturated heterocycles. The van der Waals surface area contributed by atoms with Crippen LogP contribution in [0.4, 0.5) is 0 Å². The van der Waals surface area contributed by atoms with E-state index in [1.807, 2.05) is 18.5 Å². The van der Waals surface area contributed by atoms with Crippen LogP contribution in [0.15, 0.2) is 140 Å². The van der Waals surface area contributed by atoms with Gasteiger partial charge in [-0.15, -0.1) is 0 Å². The van der Waals surface area contributed by atoms with Crippen LogP contribution in [0.5, 0.6) is 0 Å². The van der Waals surface area contributed by atoms with Gasteiger partial charge in [0.25, 0.3) is 0 Å². The quantitative estimate of drug-likeness (QED) is 0.241. The summed E-state index contributed by atoms with van der Waals surface area (Å²) in [4.78, 5) is 4.28. The lowest BCUT2D eigenvalue weighted by atomic mass is 9.85. The molecule has 0 fully saturated rings. The maximum atomic E-state index is 4.28. The summed E-state index contributed by atoms with van der Waals surface area (Å²) < 4.78 is 0. The van der Waals surface area contributed by atoms with Gasteiger partial charge in [-0.3, -0.25) is 4.98 Å². The van der Waals surface area contributed by atoms with Gasteiger partial charge in [-0.1, -0.05) is 115 Å². The first-order valence-corrected chi connectivity index (χ1v) is 12.3. The molecule has 0 radical (unpaired) electrons. The Hall–Kier alpha value is -4.75. The second-order valence-corrected chi connectivity index (χ2v) is 9.22. The van der Waals surface area contributed by atoms with Gasteiger partial charge >= 0.3 is 0 Å². The average Bonchev–Trinajstić information content (AvgIpc) is 2.96. The zero-order valence-electron chi connectivity index (χ0n) is 19.7. The Kier molecular flexibility index (Phi) is 4.85. The van der Waals surface area contributed by atoms with Gasteiger partial charge in [0.05, 0.1) is 0 Å². The predicted octanol–water partition coefficient (Wildman–Crippen LogP) is 9.54. The minimum atomic E-state index is 1.13. The van der Waals surface area contributed by atoms with Crippen molar-refractivity contribution in [1.29, 1.82) is 0 Å². The van der Waals surface area contributed by atoms with E-state index in [1.165, 1.54) is 60.1 Å². The monoisotopic (exact) mass is 457 g/mol. The maximum Gasteiger partial charge on any atom is 0.0346 e. The summed E-state index contributed by atoms with van der Waals surface area (Å²) in [5.41, 5.74) is 7.35. The Morgan fingerprint density at radius 1 is 0.361 bits per heavy atom. The Labute approximate surface area is 210 Å². The van der Waals surface area contributed by atoms with E-state index in [0.717, 1.165) is 5.56 Å². The summed E-state index contributed by atoms with van der Waals surface area (Å²) in [7, 11) is 0. The first-order chi connectivity index (χ1) is 17.9. The molecule has 0 aliphatic rings. The van der Waals surface area contributed by atoms with Crippen LogP contribution in [0.2, 0.25) is 0 Å². The average molecular weight is 458 g/mol. The lowest BCUT2D eigenvalue weighted by Crippen LogP contribution is -1.91. The molecular formula is C35H23N. The molecule has 0 unspecified atom stereocenters. The van der Waals surface area contributed by atoms with Crippen molar-refractivity contribution >= 4 is 32.3 Å². The Morgan fingerprint density at radius 2 is 0.889 bits per heavy atom. The van der Waals surface area contributed by atoms with Gasteiger partial charge in [-0.05, 0) is 77.8 Å². The van der Waals surface area contributed by atoms with E-state index in [-0.39, 0.29) is 0 Å². The van der Waals surface area contributed by atoms with Gasteiger partial charge in [-0.25, -0.2) is 0 Å². The SMILES string of the molecule is c1cncc(-c2ccc(-c3c4ccccc4c(-c4ccc5ccccc5c4)c4ccccc34)cc2)c1. The molecule has 168 valence electrons. The molecule has 0 bridgehead atoms. The fraction of sp³-hybridized carbons (Fsp3) is 0. The van der Waals surface area contributed by atoms with Crippen LogP contribution in [-0.2, 0) is 0 Å². The molecule has 7 aromatic rings. The lowest BCUT2D eigenvalue weighted by molar-refractivity contribution is 1.33. The lowest BCUT2D eigenvalue weighted by Gasteiger charge is -2.18. The van der Waals surface area contributed by atoms with E-state index >= 15 is 0 Å². The van der Waals surface area contributed by atoms with Gasteiger partial charge in [0.15, 0.2) is 0 Å². The van der Waals surface area contributed by atoms with Crippen molar-refractivity contribution in [3.8, 4) is 33.4 Å². The third-order valence-electron chi connectivity index (χ3n) is 7.14. The fourth-order valence-corrected chi connectivity index (χ4v) is 5.46. The summed E-state index contributed by atoms with van der Waals surface area (Å²) in [5.74, 6) is 0. The van der Waals surface area contributed by atoms with E-state index in [0.29, 0.717) is 0 Å². The van der Waals surface area contributed by atoms with Crippen LogP contribution in [0.3, 0.4) is 0 Å². The largest absolute Gasteiger partial charge is 0.264 e. The number of hydrogen-bond donors (Lipinski definition) is 0. The van der Waals surface area contributed by atoms with Crippen molar-refractivity contribution < 1.29 is 0 Å². The van der Waals surface area contributed by atoms with E-state index in [9.17, 15) is 0 Å². The first-order valence-electron chi connectivity index (χ1n) is 12.3. The highest BCUT2D eigenvalue weighted by Gasteiger charge is 2.16. The minimum Gasteiger partial charge on any atom is -0.264 e. The van der Waals surface area contributed by atoms with E-state index in [2.05, 4.69) is 126 Å². The molecule has 1 aromatic heterocycles. The van der Waals surface area contributed by atoms with E-state index in [4.69, 9.17) is 0 Å². The highest BCUT2D eigenvalue weighted by molar-refractivity contribution is 6.21.